The second-order valence-corrected chi connectivity index (χ2v) is 10.5. The summed E-state index contributed by atoms with van der Waals surface area (Å²) in [5, 5.41) is 0. The summed E-state index contributed by atoms with van der Waals surface area (Å²) in [5.74, 6) is 1.57. The number of ether oxygens (including phenoxy) is 1. The minimum atomic E-state index is -3.31. The molecule has 1 aromatic heterocycles. The number of H-pyrrole nitrogens is 1. The Hall–Kier alpha value is -3.65. The summed E-state index contributed by atoms with van der Waals surface area (Å²) < 4.78 is 29.4. The van der Waals surface area contributed by atoms with Crippen molar-refractivity contribution in [1.82, 2.24) is 14.9 Å². The molecule has 0 unspecified atom stereocenters. The van der Waals surface area contributed by atoms with Crippen molar-refractivity contribution in [2.24, 2.45) is 0 Å². The van der Waals surface area contributed by atoms with E-state index >= 15 is 0 Å². The van der Waals surface area contributed by atoms with Gasteiger partial charge in [0, 0.05) is 30.3 Å². The zero-order valence-electron chi connectivity index (χ0n) is 19.0. The second-order valence-electron chi connectivity index (χ2n) is 8.46. The van der Waals surface area contributed by atoms with Gasteiger partial charge >= 0.3 is 0 Å². The Labute approximate surface area is 198 Å². The Morgan fingerprint density at radius 1 is 1.06 bits per heavy atom. The Bertz CT molecular complexity index is 1490. The number of carbonyl (C=O) groups excluding carboxylic acids is 1. The van der Waals surface area contributed by atoms with E-state index in [1.165, 1.54) is 12.1 Å². The van der Waals surface area contributed by atoms with Crippen molar-refractivity contribution in [3.63, 3.8) is 0 Å². The molecule has 4 aromatic rings. The van der Waals surface area contributed by atoms with Crippen LogP contribution in [0.15, 0.2) is 65.6 Å². The fourth-order valence-electron chi connectivity index (χ4n) is 4.18. The van der Waals surface area contributed by atoms with Crippen LogP contribution in [0.2, 0.25) is 0 Å². The SMILES string of the molecule is CCc1nc2ccc(-c3ccc4c(c3)CN(C(=O)c3ccc(S(C)(=O)=O)cc3)CCO4)cc2[nH]1. The fourth-order valence-corrected chi connectivity index (χ4v) is 4.81. The van der Waals surface area contributed by atoms with Crippen LogP contribution in [-0.2, 0) is 22.8 Å². The summed E-state index contributed by atoms with van der Waals surface area (Å²) in [6.45, 7) is 3.30. The molecule has 1 amide bonds. The van der Waals surface area contributed by atoms with E-state index in [1.807, 2.05) is 24.3 Å². The van der Waals surface area contributed by atoms with Crippen LogP contribution in [0.1, 0.15) is 28.7 Å². The third kappa shape index (κ3) is 4.28. The fraction of sp³-hybridized carbons (Fsp3) is 0.231. The predicted molar refractivity (Wildman–Crippen MR) is 131 cm³/mol. The van der Waals surface area contributed by atoms with Gasteiger partial charge in [0.25, 0.3) is 5.91 Å². The lowest BCUT2D eigenvalue weighted by Crippen LogP contribution is -2.32. The van der Waals surface area contributed by atoms with Crippen molar-refractivity contribution in [2.75, 3.05) is 19.4 Å². The molecule has 0 spiro atoms. The minimum absolute atomic E-state index is 0.159. The van der Waals surface area contributed by atoms with Crippen LogP contribution < -0.4 is 4.74 Å². The number of nitrogens with zero attached hydrogens (tertiary/aromatic N) is 2. The first-order valence-corrected chi connectivity index (χ1v) is 13.0. The highest BCUT2D eigenvalue weighted by Crippen LogP contribution is 2.31. The molecule has 0 atom stereocenters. The van der Waals surface area contributed by atoms with Gasteiger partial charge in [0.2, 0.25) is 0 Å². The van der Waals surface area contributed by atoms with Gasteiger partial charge in [-0.05, 0) is 59.7 Å². The number of fused-ring (bicyclic) bond motifs is 2. The number of hydrogen-bond acceptors (Lipinski definition) is 5. The summed E-state index contributed by atoms with van der Waals surface area (Å²) in [4.78, 5) is 23.0. The van der Waals surface area contributed by atoms with Crippen LogP contribution in [0.5, 0.6) is 5.75 Å². The van der Waals surface area contributed by atoms with E-state index in [0.29, 0.717) is 25.3 Å². The van der Waals surface area contributed by atoms with E-state index in [2.05, 4.69) is 29.0 Å². The highest BCUT2D eigenvalue weighted by atomic mass is 32.2. The molecule has 7 nitrogen and oxygen atoms in total. The highest BCUT2D eigenvalue weighted by molar-refractivity contribution is 7.90. The van der Waals surface area contributed by atoms with Gasteiger partial charge in [-0.25, -0.2) is 13.4 Å². The zero-order valence-corrected chi connectivity index (χ0v) is 19.9. The van der Waals surface area contributed by atoms with Crippen molar-refractivity contribution in [2.45, 2.75) is 24.8 Å². The first-order chi connectivity index (χ1) is 16.3. The molecule has 0 saturated carbocycles. The van der Waals surface area contributed by atoms with E-state index in [4.69, 9.17) is 4.74 Å². The van der Waals surface area contributed by atoms with Gasteiger partial charge in [-0.2, -0.15) is 0 Å². The van der Waals surface area contributed by atoms with Crippen LogP contribution in [-0.4, -0.2) is 48.6 Å². The molecule has 5 rings (SSSR count). The average molecular weight is 476 g/mol. The van der Waals surface area contributed by atoms with Crippen molar-refractivity contribution >= 4 is 26.8 Å². The summed E-state index contributed by atoms with van der Waals surface area (Å²) in [5.41, 5.74) is 5.40. The van der Waals surface area contributed by atoms with Gasteiger partial charge < -0.3 is 14.6 Å². The summed E-state index contributed by atoms with van der Waals surface area (Å²) >= 11 is 0. The van der Waals surface area contributed by atoms with Crippen molar-refractivity contribution in [3.8, 4) is 16.9 Å². The maximum Gasteiger partial charge on any atom is 0.254 e. The Morgan fingerprint density at radius 2 is 1.79 bits per heavy atom. The number of aromatic amines is 1. The lowest BCUT2D eigenvalue weighted by atomic mass is 10.0. The van der Waals surface area contributed by atoms with Gasteiger partial charge in [-0.1, -0.05) is 19.1 Å². The molecule has 1 aliphatic heterocycles. The first-order valence-electron chi connectivity index (χ1n) is 11.2. The number of carbonyl (C=O) groups is 1. The van der Waals surface area contributed by atoms with Crippen molar-refractivity contribution in [1.29, 1.82) is 0 Å². The zero-order chi connectivity index (χ0) is 23.9. The number of aromatic nitrogens is 2. The molecule has 2 heterocycles. The number of hydrogen-bond donors (Lipinski definition) is 1. The first kappa shape index (κ1) is 22.2. The van der Waals surface area contributed by atoms with Gasteiger partial charge in [-0.3, -0.25) is 4.79 Å². The Kier molecular flexibility index (Phi) is 5.61. The molecule has 3 aromatic carbocycles. The van der Waals surface area contributed by atoms with Crippen molar-refractivity contribution in [3.05, 3.63) is 77.6 Å². The number of rotatable bonds is 4. The van der Waals surface area contributed by atoms with E-state index in [9.17, 15) is 13.2 Å². The van der Waals surface area contributed by atoms with Gasteiger partial charge in [0.15, 0.2) is 9.84 Å². The smallest absolute Gasteiger partial charge is 0.254 e. The molecule has 34 heavy (non-hydrogen) atoms. The van der Waals surface area contributed by atoms with Crippen LogP contribution in [0.3, 0.4) is 0 Å². The van der Waals surface area contributed by atoms with Crippen LogP contribution >= 0.6 is 0 Å². The average Bonchev–Trinajstić information content (AvgIpc) is 3.13. The van der Waals surface area contributed by atoms with Crippen molar-refractivity contribution < 1.29 is 17.9 Å². The maximum atomic E-state index is 13.2. The predicted octanol–water partition coefficient (Wildman–Crippen LogP) is 4.23. The summed E-state index contributed by atoms with van der Waals surface area (Å²) in [7, 11) is -3.31. The largest absolute Gasteiger partial charge is 0.491 e. The second kappa shape index (κ2) is 8.61. The van der Waals surface area contributed by atoms with Crippen LogP contribution in [0, 0.1) is 0 Å². The van der Waals surface area contributed by atoms with Gasteiger partial charge in [0.1, 0.15) is 18.2 Å². The number of imidazole rings is 1. The molecule has 0 fully saturated rings. The molecule has 0 aliphatic carbocycles. The number of sulfone groups is 1. The molecular weight excluding hydrogens is 450 g/mol. The monoisotopic (exact) mass is 475 g/mol. The lowest BCUT2D eigenvalue weighted by Gasteiger charge is -2.20. The number of amides is 1. The highest BCUT2D eigenvalue weighted by Gasteiger charge is 2.22. The standard InChI is InChI=1S/C26H25N3O4S/c1-3-25-27-22-10-6-19(15-23(22)28-25)18-7-11-24-20(14-18)16-29(12-13-33-24)26(30)17-4-8-21(9-5-17)34(2,31)32/h4-11,14-15H,3,12-13,16H2,1-2H3,(H,27,28). The summed E-state index contributed by atoms with van der Waals surface area (Å²) in [6.07, 6.45) is 2.00. The molecule has 1 aliphatic rings. The quantitative estimate of drug-likeness (QED) is 0.477. The Morgan fingerprint density at radius 3 is 2.53 bits per heavy atom. The third-order valence-electron chi connectivity index (χ3n) is 6.06. The van der Waals surface area contributed by atoms with Crippen LogP contribution in [0.4, 0.5) is 0 Å². The molecule has 1 N–H and O–H groups in total. The molecule has 0 bridgehead atoms. The van der Waals surface area contributed by atoms with E-state index < -0.39 is 9.84 Å². The minimum Gasteiger partial charge on any atom is -0.491 e. The van der Waals surface area contributed by atoms with Crippen LogP contribution in [0.25, 0.3) is 22.2 Å². The van der Waals surface area contributed by atoms with E-state index in [-0.39, 0.29) is 10.8 Å². The van der Waals surface area contributed by atoms with Gasteiger partial charge in [-0.15, -0.1) is 0 Å². The third-order valence-corrected chi connectivity index (χ3v) is 7.18. The van der Waals surface area contributed by atoms with E-state index in [1.54, 1.807) is 17.0 Å². The normalized spacial score (nSPS) is 13.9. The molecular formula is C26H25N3O4S. The molecule has 8 heteroatoms. The Balaban J connectivity index is 1.42. The maximum absolute atomic E-state index is 13.2. The molecule has 0 saturated heterocycles. The molecule has 0 radical (unpaired) electrons. The molecule has 174 valence electrons. The number of nitrogens with one attached hydrogen (secondary N) is 1. The number of benzene rings is 3. The van der Waals surface area contributed by atoms with Gasteiger partial charge in [0.05, 0.1) is 22.5 Å². The van der Waals surface area contributed by atoms with E-state index in [0.717, 1.165) is 52.0 Å². The summed E-state index contributed by atoms with van der Waals surface area (Å²) in [6, 6.07) is 18.3. The number of aryl methyl sites for hydroxylation is 1. The lowest BCUT2D eigenvalue weighted by molar-refractivity contribution is 0.0733. The topological polar surface area (TPSA) is 92.4 Å².